The van der Waals surface area contributed by atoms with E-state index in [4.69, 9.17) is 1.37 Å². The van der Waals surface area contributed by atoms with Gasteiger partial charge in [0, 0.05) is 18.4 Å². The zero-order valence-electron chi connectivity index (χ0n) is 17.5. The molecule has 0 aliphatic carbocycles. The lowest BCUT2D eigenvalue weighted by molar-refractivity contribution is -0.665. The monoisotopic (exact) mass is 341 g/mol. The van der Waals surface area contributed by atoms with Crippen molar-refractivity contribution in [1.82, 2.24) is 0 Å². The lowest BCUT2D eigenvalue weighted by Gasteiger charge is -2.14. The summed E-state index contributed by atoms with van der Waals surface area (Å²) in [6.45, 7) is 10.7. The average molecular weight is 341 g/mol. The van der Waals surface area contributed by atoms with Gasteiger partial charge in [0.05, 0.1) is 12.3 Å². The van der Waals surface area contributed by atoms with Gasteiger partial charge in [0.2, 0.25) is 5.69 Å². The second-order valence-electron chi connectivity index (χ2n) is 7.59. The van der Waals surface area contributed by atoms with E-state index in [2.05, 4.69) is 88.7 Å². The van der Waals surface area contributed by atoms with Crippen molar-refractivity contribution in [3.8, 4) is 11.3 Å². The van der Waals surface area contributed by atoms with Gasteiger partial charge < -0.3 is 0 Å². The molecule has 1 aromatic heterocycles. The number of aryl methyl sites for hydroxylation is 3. The van der Waals surface area contributed by atoms with Gasteiger partial charge in [-0.1, -0.05) is 41.5 Å². The van der Waals surface area contributed by atoms with Crippen LogP contribution in [0.4, 0.5) is 0 Å². The average Bonchev–Trinajstić information content (AvgIpc) is 2.63. The molecule has 1 heteroatoms. The Morgan fingerprint density at radius 2 is 1.50 bits per heavy atom. The molecular weight excluding hydrogens is 314 g/mol. The summed E-state index contributed by atoms with van der Waals surface area (Å²) in [6.07, 6.45) is 0. The van der Waals surface area contributed by atoms with E-state index in [1.54, 1.807) is 0 Å². The first-order valence-corrected chi connectivity index (χ1v) is 9.20. The Morgan fingerprint density at radius 1 is 0.769 bits per heavy atom. The van der Waals surface area contributed by atoms with Crippen molar-refractivity contribution < 1.29 is 5.94 Å². The summed E-state index contributed by atoms with van der Waals surface area (Å²) in [7, 11) is 2.08. The van der Waals surface area contributed by atoms with Crippen molar-refractivity contribution in [3.63, 3.8) is 0 Å². The van der Waals surface area contributed by atoms with Crippen LogP contribution >= 0.6 is 0 Å². The summed E-state index contributed by atoms with van der Waals surface area (Å²) in [4.78, 5) is 0. The third-order valence-electron chi connectivity index (χ3n) is 5.64. The highest BCUT2D eigenvalue weighted by molar-refractivity contribution is 6.11. The quantitative estimate of drug-likeness (QED) is 0.294. The fourth-order valence-electron chi connectivity index (χ4n) is 4.01. The van der Waals surface area contributed by atoms with Crippen molar-refractivity contribution in [3.05, 3.63) is 76.5 Å². The first kappa shape index (κ1) is 15.6. The molecule has 130 valence electrons. The van der Waals surface area contributed by atoms with Gasteiger partial charge in [-0.15, -0.1) is 0 Å². The Bertz CT molecular complexity index is 1230. The summed E-state index contributed by atoms with van der Waals surface area (Å²) < 4.78 is 11.0. The van der Waals surface area contributed by atoms with Crippen LogP contribution in [-0.2, 0) is 7.05 Å². The number of aromatic nitrogens is 1. The SMILES string of the molecule is [2H]c1c(C)[n+](C)c(-c2cc(C)cc(C)c2C)c2ccc3cc(C)ccc3c12. The molecule has 0 amide bonds. The molecule has 4 aromatic rings. The van der Waals surface area contributed by atoms with Crippen molar-refractivity contribution in [2.45, 2.75) is 34.6 Å². The molecule has 0 spiro atoms. The van der Waals surface area contributed by atoms with Crippen LogP contribution in [0.2, 0.25) is 0 Å². The number of hydrogen-bond donors (Lipinski definition) is 0. The fourth-order valence-corrected chi connectivity index (χ4v) is 4.01. The summed E-state index contributed by atoms with van der Waals surface area (Å²) in [6, 6.07) is 16.0. The van der Waals surface area contributed by atoms with Gasteiger partial charge >= 0.3 is 0 Å². The molecule has 0 saturated carbocycles. The molecule has 0 N–H and O–H groups in total. The van der Waals surface area contributed by atoms with Crippen LogP contribution in [0.15, 0.2) is 48.5 Å². The minimum absolute atomic E-state index is 0.618. The zero-order chi connectivity index (χ0) is 19.5. The molecule has 1 heterocycles. The number of nitrogens with zero attached hydrogens (tertiary/aromatic N) is 1. The van der Waals surface area contributed by atoms with Crippen LogP contribution in [-0.4, -0.2) is 0 Å². The van der Waals surface area contributed by atoms with Crippen LogP contribution < -0.4 is 4.57 Å². The van der Waals surface area contributed by atoms with E-state index in [-0.39, 0.29) is 0 Å². The first-order valence-electron chi connectivity index (χ1n) is 9.70. The van der Waals surface area contributed by atoms with Crippen LogP contribution in [0, 0.1) is 34.6 Å². The molecule has 0 aliphatic heterocycles. The van der Waals surface area contributed by atoms with Gasteiger partial charge in [-0.3, -0.25) is 0 Å². The van der Waals surface area contributed by atoms with E-state index in [9.17, 15) is 0 Å². The predicted octanol–water partition coefficient (Wildman–Crippen LogP) is 6.03. The van der Waals surface area contributed by atoms with Crippen molar-refractivity contribution in [2.24, 2.45) is 7.05 Å². The van der Waals surface area contributed by atoms with E-state index in [1.807, 2.05) is 0 Å². The van der Waals surface area contributed by atoms with E-state index in [1.165, 1.54) is 38.9 Å². The molecule has 0 atom stereocenters. The third-order valence-corrected chi connectivity index (χ3v) is 5.64. The maximum Gasteiger partial charge on any atom is 0.220 e. The first-order chi connectivity index (χ1) is 12.8. The van der Waals surface area contributed by atoms with Crippen molar-refractivity contribution in [2.75, 3.05) is 0 Å². The molecule has 26 heavy (non-hydrogen) atoms. The van der Waals surface area contributed by atoms with Crippen LogP contribution in [0.25, 0.3) is 32.8 Å². The lowest BCUT2D eigenvalue weighted by Crippen LogP contribution is -2.35. The van der Waals surface area contributed by atoms with Gasteiger partial charge in [0.1, 0.15) is 7.05 Å². The number of benzene rings is 3. The molecule has 3 aromatic carbocycles. The maximum atomic E-state index is 8.84. The second kappa shape index (κ2) is 5.95. The highest BCUT2D eigenvalue weighted by Gasteiger charge is 2.21. The molecule has 0 radical (unpaired) electrons. The number of rotatable bonds is 1. The second-order valence-corrected chi connectivity index (χ2v) is 7.59. The van der Waals surface area contributed by atoms with E-state index < -0.39 is 0 Å². The predicted molar refractivity (Wildman–Crippen MR) is 112 cm³/mol. The molecule has 0 saturated heterocycles. The molecule has 0 bridgehead atoms. The van der Waals surface area contributed by atoms with E-state index in [0.29, 0.717) is 6.04 Å². The molecule has 0 fully saturated rings. The van der Waals surface area contributed by atoms with E-state index in [0.717, 1.165) is 21.9 Å². The van der Waals surface area contributed by atoms with Crippen LogP contribution in [0.5, 0.6) is 0 Å². The van der Waals surface area contributed by atoms with Gasteiger partial charge in [-0.05, 0) is 61.7 Å². The topological polar surface area (TPSA) is 3.88 Å². The standard InChI is InChI=1S/C25H26N/c1-15-7-9-21-20(12-15)8-10-22-24(21)14-18(4)26(6)25(22)23-13-16(2)11-17(3)19(23)5/h7-14H,1-6H3/q+1/i14D. The maximum absolute atomic E-state index is 8.84. The minimum atomic E-state index is 0.618. The number of hydrogen-bond acceptors (Lipinski definition) is 0. The Morgan fingerprint density at radius 3 is 2.27 bits per heavy atom. The molecular formula is C25H26N+. The van der Waals surface area contributed by atoms with Gasteiger partial charge in [-0.25, -0.2) is 0 Å². The fraction of sp³-hybridized carbons (Fsp3) is 0.240. The van der Waals surface area contributed by atoms with Gasteiger partial charge in [0.15, 0.2) is 5.69 Å². The summed E-state index contributed by atoms with van der Waals surface area (Å²) in [5.74, 6) is 0. The summed E-state index contributed by atoms with van der Waals surface area (Å²) in [5.41, 5.74) is 8.58. The highest BCUT2D eigenvalue weighted by atomic mass is 14.9. The smallest absolute Gasteiger partial charge is 0.198 e. The Labute approximate surface area is 157 Å². The Kier molecular flexibility index (Phi) is 3.56. The lowest BCUT2D eigenvalue weighted by atomic mass is 9.92. The molecule has 1 nitrogen and oxygen atoms in total. The third kappa shape index (κ3) is 2.50. The van der Waals surface area contributed by atoms with E-state index >= 15 is 0 Å². The Hall–Kier alpha value is -2.67. The van der Waals surface area contributed by atoms with Crippen LogP contribution in [0.1, 0.15) is 29.3 Å². The highest BCUT2D eigenvalue weighted by Crippen LogP contribution is 2.34. The zero-order valence-corrected chi connectivity index (χ0v) is 16.5. The molecule has 4 rings (SSSR count). The molecule has 0 aliphatic rings. The number of fused-ring (bicyclic) bond motifs is 3. The molecule has 0 unspecified atom stereocenters. The van der Waals surface area contributed by atoms with Crippen molar-refractivity contribution in [1.29, 1.82) is 0 Å². The summed E-state index contributed by atoms with van der Waals surface area (Å²) >= 11 is 0. The largest absolute Gasteiger partial charge is 0.220 e. The van der Waals surface area contributed by atoms with Crippen molar-refractivity contribution >= 4 is 21.5 Å². The van der Waals surface area contributed by atoms with Crippen LogP contribution in [0.3, 0.4) is 0 Å². The van der Waals surface area contributed by atoms with Gasteiger partial charge in [-0.2, -0.15) is 4.57 Å². The number of pyridine rings is 1. The minimum Gasteiger partial charge on any atom is -0.198 e. The summed E-state index contributed by atoms with van der Waals surface area (Å²) in [5, 5.41) is 4.57. The Balaban J connectivity index is 2.25. The normalized spacial score (nSPS) is 12.0. The van der Waals surface area contributed by atoms with Gasteiger partial charge in [0.25, 0.3) is 0 Å².